The first-order valence-electron chi connectivity index (χ1n) is 4.19. The number of para-hydroxylation sites is 1. The predicted molar refractivity (Wildman–Crippen MR) is 55.3 cm³/mol. The van der Waals surface area contributed by atoms with Crippen molar-refractivity contribution in [2.45, 2.75) is 9.79 Å². The van der Waals surface area contributed by atoms with Crippen LogP contribution in [0.3, 0.4) is 0 Å². The van der Waals surface area contributed by atoms with Crippen LogP contribution in [0.1, 0.15) is 0 Å². The number of rotatable bonds is 0. The minimum atomic E-state index is -0.0768. The minimum absolute atomic E-state index is 0.0768. The lowest BCUT2D eigenvalue weighted by atomic mass is 10.3. The van der Waals surface area contributed by atoms with Crippen LogP contribution in [-0.2, 0) is 0 Å². The van der Waals surface area contributed by atoms with Crippen molar-refractivity contribution in [1.29, 1.82) is 0 Å². The Morgan fingerprint density at radius 1 is 1.14 bits per heavy atom. The van der Waals surface area contributed by atoms with E-state index in [0.717, 1.165) is 16.4 Å². The van der Waals surface area contributed by atoms with Crippen molar-refractivity contribution in [2.24, 2.45) is 0 Å². The van der Waals surface area contributed by atoms with E-state index in [4.69, 9.17) is 0 Å². The summed E-state index contributed by atoms with van der Waals surface area (Å²) >= 11 is 1.48. The maximum Gasteiger partial charge on any atom is 0.280 e. The molecule has 3 N–H and O–H groups in total. The molecule has 3 rings (SSSR count). The number of anilines is 2. The zero-order valence-electron chi connectivity index (χ0n) is 7.13. The quantitative estimate of drug-likeness (QED) is 0.525. The second kappa shape index (κ2) is 2.68. The number of hydrogen-bond acceptors (Lipinski definition) is 3. The molecular formula is C9H7N3OS. The van der Waals surface area contributed by atoms with Crippen molar-refractivity contribution in [3.8, 4) is 0 Å². The molecule has 0 unspecified atom stereocenters. The summed E-state index contributed by atoms with van der Waals surface area (Å²) in [7, 11) is 0. The Balaban J connectivity index is 2.19. The molecule has 0 fully saturated rings. The summed E-state index contributed by atoms with van der Waals surface area (Å²) in [5, 5.41) is 8.50. The maximum absolute atomic E-state index is 11.3. The molecule has 2 aromatic rings. The highest BCUT2D eigenvalue weighted by molar-refractivity contribution is 7.99. The van der Waals surface area contributed by atoms with Gasteiger partial charge >= 0.3 is 0 Å². The molecule has 1 aromatic heterocycles. The number of benzene rings is 1. The monoisotopic (exact) mass is 205 g/mol. The molecule has 0 aliphatic carbocycles. The number of hydrogen-bond donors (Lipinski definition) is 3. The van der Waals surface area contributed by atoms with E-state index in [-0.39, 0.29) is 5.56 Å². The molecule has 5 heteroatoms. The van der Waals surface area contributed by atoms with Crippen LogP contribution in [0, 0.1) is 0 Å². The van der Waals surface area contributed by atoms with E-state index in [1.807, 2.05) is 24.3 Å². The van der Waals surface area contributed by atoms with E-state index in [2.05, 4.69) is 15.5 Å². The Kier molecular flexibility index (Phi) is 1.49. The van der Waals surface area contributed by atoms with Crippen LogP contribution in [0.15, 0.2) is 38.9 Å². The summed E-state index contributed by atoms with van der Waals surface area (Å²) in [5.74, 6) is 0.749. The van der Waals surface area contributed by atoms with Crippen molar-refractivity contribution in [2.75, 3.05) is 5.32 Å². The number of aromatic amines is 2. The minimum Gasteiger partial charge on any atom is -0.339 e. The van der Waals surface area contributed by atoms with Crippen LogP contribution in [-0.4, -0.2) is 10.2 Å². The van der Waals surface area contributed by atoms with E-state index in [1.165, 1.54) is 11.8 Å². The third-order valence-corrected chi connectivity index (χ3v) is 3.26. The van der Waals surface area contributed by atoms with Crippen LogP contribution in [0.4, 0.5) is 11.5 Å². The molecule has 0 saturated carbocycles. The number of H-pyrrole nitrogens is 2. The van der Waals surface area contributed by atoms with Crippen LogP contribution < -0.4 is 10.9 Å². The van der Waals surface area contributed by atoms with Crippen LogP contribution >= 0.6 is 11.8 Å². The predicted octanol–water partition coefficient (Wildman–Crippen LogP) is 1.91. The molecule has 0 atom stereocenters. The first kappa shape index (κ1) is 7.75. The van der Waals surface area contributed by atoms with Crippen molar-refractivity contribution in [3.63, 3.8) is 0 Å². The van der Waals surface area contributed by atoms with Gasteiger partial charge in [-0.1, -0.05) is 23.9 Å². The van der Waals surface area contributed by atoms with E-state index >= 15 is 0 Å². The van der Waals surface area contributed by atoms with E-state index < -0.39 is 0 Å². The normalized spacial score (nSPS) is 12.9. The highest BCUT2D eigenvalue weighted by atomic mass is 32.2. The molecule has 1 aliphatic rings. The van der Waals surface area contributed by atoms with Crippen molar-refractivity contribution >= 4 is 23.3 Å². The van der Waals surface area contributed by atoms with Gasteiger partial charge in [0.15, 0.2) is 0 Å². The Morgan fingerprint density at radius 3 is 2.93 bits per heavy atom. The fraction of sp³-hybridized carbons (Fsp3) is 0. The largest absolute Gasteiger partial charge is 0.339 e. The average molecular weight is 205 g/mol. The van der Waals surface area contributed by atoms with E-state index in [0.29, 0.717) is 4.90 Å². The van der Waals surface area contributed by atoms with Gasteiger partial charge in [0.25, 0.3) is 5.56 Å². The molecule has 70 valence electrons. The first-order chi connectivity index (χ1) is 6.84. The molecule has 1 aliphatic heterocycles. The fourth-order valence-electron chi connectivity index (χ4n) is 1.44. The second-order valence-electron chi connectivity index (χ2n) is 3.01. The van der Waals surface area contributed by atoms with Gasteiger partial charge in [0.05, 0.1) is 5.69 Å². The van der Waals surface area contributed by atoms with Crippen LogP contribution in [0.25, 0.3) is 0 Å². The molecule has 0 bridgehead atoms. The van der Waals surface area contributed by atoms with Gasteiger partial charge in [0.1, 0.15) is 10.7 Å². The van der Waals surface area contributed by atoms with Gasteiger partial charge in [0, 0.05) is 4.90 Å². The summed E-state index contributed by atoms with van der Waals surface area (Å²) in [6.45, 7) is 0. The molecule has 1 aromatic carbocycles. The summed E-state index contributed by atoms with van der Waals surface area (Å²) in [4.78, 5) is 13.1. The Labute approximate surface area is 83.7 Å². The highest BCUT2D eigenvalue weighted by Gasteiger charge is 2.18. The smallest absolute Gasteiger partial charge is 0.280 e. The van der Waals surface area contributed by atoms with E-state index in [9.17, 15) is 4.79 Å². The highest BCUT2D eigenvalue weighted by Crippen LogP contribution is 2.40. The van der Waals surface area contributed by atoms with Gasteiger partial charge < -0.3 is 5.32 Å². The lowest BCUT2D eigenvalue weighted by Crippen LogP contribution is -2.04. The zero-order valence-corrected chi connectivity index (χ0v) is 7.94. The lowest BCUT2D eigenvalue weighted by Gasteiger charge is -2.15. The summed E-state index contributed by atoms with van der Waals surface area (Å²) < 4.78 is 0. The first-order valence-corrected chi connectivity index (χ1v) is 5.01. The van der Waals surface area contributed by atoms with Crippen LogP contribution in [0.2, 0.25) is 0 Å². The zero-order chi connectivity index (χ0) is 9.54. The Morgan fingerprint density at radius 2 is 2.00 bits per heavy atom. The van der Waals surface area contributed by atoms with E-state index in [1.54, 1.807) is 0 Å². The molecule has 0 saturated heterocycles. The van der Waals surface area contributed by atoms with Gasteiger partial charge in [-0.05, 0) is 12.1 Å². The second-order valence-corrected chi connectivity index (χ2v) is 4.06. The van der Waals surface area contributed by atoms with Gasteiger partial charge in [-0.3, -0.25) is 15.0 Å². The molecule has 0 amide bonds. The fourth-order valence-corrected chi connectivity index (χ4v) is 2.38. The number of fused-ring (bicyclic) bond motifs is 2. The maximum atomic E-state index is 11.3. The number of nitrogens with one attached hydrogen (secondary N) is 3. The summed E-state index contributed by atoms with van der Waals surface area (Å²) in [5.41, 5.74) is 0.951. The lowest BCUT2D eigenvalue weighted by molar-refractivity contribution is 1.06. The van der Waals surface area contributed by atoms with Crippen LogP contribution in [0.5, 0.6) is 0 Å². The molecular weight excluding hydrogens is 198 g/mol. The summed E-state index contributed by atoms with van der Waals surface area (Å²) in [6.07, 6.45) is 0. The third kappa shape index (κ3) is 0.990. The van der Waals surface area contributed by atoms with Crippen molar-refractivity contribution in [1.82, 2.24) is 10.2 Å². The molecule has 2 heterocycles. The van der Waals surface area contributed by atoms with Gasteiger partial charge in [-0.25, -0.2) is 0 Å². The van der Waals surface area contributed by atoms with Gasteiger partial charge in [-0.2, -0.15) is 0 Å². The van der Waals surface area contributed by atoms with Gasteiger partial charge in [0.2, 0.25) is 0 Å². The van der Waals surface area contributed by atoms with Crippen molar-refractivity contribution in [3.05, 3.63) is 34.6 Å². The molecule has 14 heavy (non-hydrogen) atoms. The Hall–Kier alpha value is -1.62. The molecule has 0 radical (unpaired) electrons. The standard InChI is InChI=1S/C9H7N3OS/c13-9-7-8(11-12-9)10-5-3-1-2-4-6(5)14-7/h1-4H,(H3,10,11,12,13). The Bertz CT molecular complexity index is 543. The topological polar surface area (TPSA) is 60.7 Å². The van der Waals surface area contributed by atoms with Gasteiger partial charge in [-0.15, -0.1) is 0 Å². The SMILES string of the molecule is O=c1[nH][nH]c2c1Sc1ccccc1N2. The molecule has 4 nitrogen and oxygen atoms in total. The third-order valence-electron chi connectivity index (χ3n) is 2.09. The number of aromatic nitrogens is 2. The average Bonchev–Trinajstić information content (AvgIpc) is 2.57. The van der Waals surface area contributed by atoms with Crippen molar-refractivity contribution < 1.29 is 0 Å². The summed E-state index contributed by atoms with van der Waals surface area (Å²) in [6, 6.07) is 7.89. The molecule has 0 spiro atoms.